The Labute approximate surface area is 183 Å². The quantitative estimate of drug-likeness (QED) is 0.602. The molecular weight excluding hydrogens is 420 g/mol. The number of benzene rings is 2. The molecule has 4 rings (SSSR count). The first kappa shape index (κ1) is 21.7. The molecule has 9 heteroatoms. The van der Waals surface area contributed by atoms with Gasteiger partial charge in [0.25, 0.3) is 5.91 Å². The van der Waals surface area contributed by atoms with Crippen molar-refractivity contribution in [2.24, 2.45) is 0 Å². The molecule has 1 aliphatic rings. The van der Waals surface area contributed by atoms with Crippen LogP contribution in [0.1, 0.15) is 52.4 Å². The summed E-state index contributed by atoms with van der Waals surface area (Å²) in [4.78, 5) is 31.2. The van der Waals surface area contributed by atoms with E-state index in [0.717, 1.165) is 12.1 Å². The van der Waals surface area contributed by atoms with E-state index in [2.05, 4.69) is 4.98 Å². The highest BCUT2D eigenvalue weighted by Gasteiger charge is 2.30. The molecule has 1 aromatic heterocycles. The van der Waals surface area contributed by atoms with Gasteiger partial charge in [0, 0.05) is 44.6 Å². The van der Waals surface area contributed by atoms with Crippen LogP contribution >= 0.6 is 0 Å². The standard InChI is InChI=1S/C23H23F2N3O4/c1-5-20(29)28-12(2)26-22-16(28)8-13(23(30)27(3)4)9-19(22)32-17-6-7-31-18-11-14(24)10-15(25)21(17)18/h8-11,17H,5-7H2,1-4H3/t17-/m0/s1. The summed E-state index contributed by atoms with van der Waals surface area (Å²) in [5.74, 6) is -1.21. The van der Waals surface area contributed by atoms with E-state index in [9.17, 15) is 18.4 Å². The van der Waals surface area contributed by atoms with Crippen molar-refractivity contribution in [2.75, 3.05) is 20.7 Å². The van der Waals surface area contributed by atoms with Crippen LogP contribution in [-0.4, -0.2) is 47.0 Å². The van der Waals surface area contributed by atoms with Crippen LogP contribution in [0.4, 0.5) is 8.78 Å². The van der Waals surface area contributed by atoms with Gasteiger partial charge in [0.1, 0.15) is 40.6 Å². The molecule has 0 unspecified atom stereocenters. The number of aryl methyl sites for hydroxylation is 1. The van der Waals surface area contributed by atoms with E-state index in [1.807, 2.05) is 0 Å². The molecule has 2 heterocycles. The van der Waals surface area contributed by atoms with Crippen molar-refractivity contribution in [2.45, 2.75) is 32.8 Å². The van der Waals surface area contributed by atoms with Gasteiger partial charge in [-0.05, 0) is 19.1 Å². The van der Waals surface area contributed by atoms with Crippen molar-refractivity contribution in [3.63, 3.8) is 0 Å². The predicted octanol–water partition coefficient (Wildman–Crippen LogP) is 4.28. The largest absolute Gasteiger partial charge is 0.493 e. The molecule has 7 nitrogen and oxygen atoms in total. The first-order chi connectivity index (χ1) is 15.2. The van der Waals surface area contributed by atoms with E-state index < -0.39 is 17.7 Å². The van der Waals surface area contributed by atoms with Crippen LogP contribution in [0.3, 0.4) is 0 Å². The van der Waals surface area contributed by atoms with Crippen molar-refractivity contribution in [3.8, 4) is 11.5 Å². The van der Waals surface area contributed by atoms with Gasteiger partial charge in [-0.25, -0.2) is 13.8 Å². The van der Waals surface area contributed by atoms with Crippen LogP contribution in [-0.2, 0) is 0 Å². The minimum Gasteiger partial charge on any atom is -0.493 e. The zero-order valence-electron chi connectivity index (χ0n) is 18.2. The molecule has 0 saturated heterocycles. The monoisotopic (exact) mass is 443 g/mol. The minimum absolute atomic E-state index is 0.0818. The summed E-state index contributed by atoms with van der Waals surface area (Å²) in [5.41, 5.74) is 1.23. The van der Waals surface area contributed by atoms with Crippen molar-refractivity contribution in [3.05, 3.63) is 52.9 Å². The third kappa shape index (κ3) is 3.68. The molecular formula is C23H23F2N3O4. The van der Waals surface area contributed by atoms with Crippen LogP contribution in [0.25, 0.3) is 11.0 Å². The Hall–Kier alpha value is -3.49. The summed E-state index contributed by atoms with van der Waals surface area (Å²) in [6.07, 6.45) is -0.214. The number of nitrogens with zero attached hydrogens (tertiary/aromatic N) is 3. The molecule has 1 atom stereocenters. The Kier molecular flexibility index (Phi) is 5.58. The van der Waals surface area contributed by atoms with Gasteiger partial charge >= 0.3 is 0 Å². The lowest BCUT2D eigenvalue weighted by atomic mass is 10.0. The van der Waals surface area contributed by atoms with E-state index in [0.29, 0.717) is 28.8 Å². The molecule has 32 heavy (non-hydrogen) atoms. The van der Waals surface area contributed by atoms with Crippen molar-refractivity contribution >= 4 is 22.8 Å². The van der Waals surface area contributed by atoms with Crippen LogP contribution in [0, 0.1) is 18.6 Å². The first-order valence-electron chi connectivity index (χ1n) is 10.3. The third-order valence-electron chi connectivity index (χ3n) is 5.38. The summed E-state index contributed by atoms with van der Waals surface area (Å²) in [5, 5.41) is 0. The van der Waals surface area contributed by atoms with Crippen LogP contribution in [0.2, 0.25) is 0 Å². The minimum atomic E-state index is -0.778. The third-order valence-corrected chi connectivity index (χ3v) is 5.38. The Balaban J connectivity index is 1.88. The number of amides is 1. The molecule has 0 bridgehead atoms. The van der Waals surface area contributed by atoms with Gasteiger partial charge in [0.15, 0.2) is 0 Å². The predicted molar refractivity (Wildman–Crippen MR) is 113 cm³/mol. The number of carbonyl (C=O) groups is 2. The number of ether oxygens (including phenoxy) is 2. The first-order valence-corrected chi connectivity index (χ1v) is 10.3. The van der Waals surface area contributed by atoms with Gasteiger partial charge in [0.05, 0.1) is 17.7 Å². The molecule has 0 spiro atoms. The lowest BCUT2D eigenvalue weighted by Gasteiger charge is -2.27. The number of rotatable bonds is 4. The van der Waals surface area contributed by atoms with Crippen molar-refractivity contribution in [1.82, 2.24) is 14.5 Å². The number of hydrogen-bond donors (Lipinski definition) is 0. The molecule has 1 amide bonds. The van der Waals surface area contributed by atoms with Crippen molar-refractivity contribution in [1.29, 1.82) is 0 Å². The Morgan fingerprint density at radius 1 is 1.25 bits per heavy atom. The molecule has 3 aromatic rings. The van der Waals surface area contributed by atoms with Gasteiger partial charge in [-0.2, -0.15) is 0 Å². The maximum atomic E-state index is 14.6. The average Bonchev–Trinajstić information content (AvgIpc) is 3.08. The number of halogens is 2. The Morgan fingerprint density at radius 2 is 2.00 bits per heavy atom. The van der Waals surface area contributed by atoms with E-state index in [1.54, 1.807) is 34.0 Å². The lowest BCUT2D eigenvalue weighted by Crippen LogP contribution is -2.23. The number of aromatic nitrogens is 2. The fraction of sp³-hybridized carbons (Fsp3) is 0.348. The van der Waals surface area contributed by atoms with Gasteiger partial charge in [-0.1, -0.05) is 6.92 Å². The molecule has 0 saturated carbocycles. The normalized spacial score (nSPS) is 15.2. The fourth-order valence-corrected chi connectivity index (χ4v) is 3.89. The maximum absolute atomic E-state index is 14.6. The molecule has 0 N–H and O–H groups in total. The summed E-state index contributed by atoms with van der Waals surface area (Å²) in [7, 11) is 3.23. The molecule has 2 aromatic carbocycles. The number of hydrogen-bond acceptors (Lipinski definition) is 5. The summed E-state index contributed by atoms with van der Waals surface area (Å²) >= 11 is 0. The summed E-state index contributed by atoms with van der Waals surface area (Å²) in [6, 6.07) is 5.04. The van der Waals surface area contributed by atoms with Crippen LogP contribution in [0.5, 0.6) is 11.5 Å². The SMILES string of the molecule is CCC(=O)n1c(C)nc2c(O[C@H]3CCOc4cc(F)cc(F)c43)cc(C(=O)N(C)C)cc21. The highest BCUT2D eigenvalue weighted by Crippen LogP contribution is 2.40. The highest BCUT2D eigenvalue weighted by molar-refractivity contribution is 6.01. The fourth-order valence-electron chi connectivity index (χ4n) is 3.89. The van der Waals surface area contributed by atoms with E-state index in [1.165, 1.54) is 15.5 Å². The zero-order chi connectivity index (χ0) is 23.2. The second kappa shape index (κ2) is 8.22. The average molecular weight is 443 g/mol. The van der Waals surface area contributed by atoms with Gasteiger partial charge in [-0.15, -0.1) is 0 Å². The molecule has 1 aliphatic heterocycles. The molecule has 0 fully saturated rings. The molecule has 0 aliphatic carbocycles. The second-order valence-corrected chi connectivity index (χ2v) is 7.83. The number of imidazole rings is 1. The Bertz CT molecular complexity index is 1240. The van der Waals surface area contributed by atoms with E-state index >= 15 is 0 Å². The van der Waals surface area contributed by atoms with Crippen LogP contribution < -0.4 is 9.47 Å². The smallest absolute Gasteiger partial charge is 0.253 e. The van der Waals surface area contributed by atoms with Crippen molar-refractivity contribution < 1.29 is 27.8 Å². The van der Waals surface area contributed by atoms with Crippen LogP contribution in [0.15, 0.2) is 24.3 Å². The maximum Gasteiger partial charge on any atom is 0.253 e. The van der Waals surface area contributed by atoms with Gasteiger partial charge in [0.2, 0.25) is 5.91 Å². The molecule has 0 radical (unpaired) electrons. The number of carbonyl (C=O) groups excluding carboxylic acids is 2. The number of fused-ring (bicyclic) bond motifs is 2. The molecule has 168 valence electrons. The zero-order valence-corrected chi connectivity index (χ0v) is 18.2. The van der Waals surface area contributed by atoms with E-state index in [-0.39, 0.29) is 41.9 Å². The Morgan fingerprint density at radius 3 is 2.69 bits per heavy atom. The van der Waals surface area contributed by atoms with E-state index in [4.69, 9.17) is 9.47 Å². The summed E-state index contributed by atoms with van der Waals surface area (Å²) < 4.78 is 41.3. The lowest BCUT2D eigenvalue weighted by molar-refractivity contribution is 0.0825. The van der Waals surface area contributed by atoms with Gasteiger partial charge in [-0.3, -0.25) is 14.2 Å². The second-order valence-electron chi connectivity index (χ2n) is 7.83. The topological polar surface area (TPSA) is 73.7 Å². The summed E-state index contributed by atoms with van der Waals surface area (Å²) in [6.45, 7) is 3.64. The van der Waals surface area contributed by atoms with Gasteiger partial charge < -0.3 is 14.4 Å². The highest BCUT2D eigenvalue weighted by atomic mass is 19.1.